The van der Waals surface area contributed by atoms with E-state index >= 15 is 0 Å². The number of carboxylic acids is 1. The predicted octanol–water partition coefficient (Wildman–Crippen LogP) is 1.93. The lowest BCUT2D eigenvalue weighted by Crippen LogP contribution is -2.54. The standard InChI is InChI=1S/C13H24N2O3/c1-8(2)11(12(16)17)14-13(18)15-7-9(3)5-6-10(15)4/h8-11H,5-7H2,1-4H3,(H,14,18)(H,16,17)/t9?,10?,11-/m0/s1. The molecule has 2 amide bonds. The number of piperidine rings is 1. The van der Waals surface area contributed by atoms with Crippen molar-refractivity contribution in [2.75, 3.05) is 6.54 Å². The second-order valence-electron chi connectivity index (χ2n) is 5.69. The topological polar surface area (TPSA) is 69.6 Å². The fourth-order valence-corrected chi connectivity index (χ4v) is 2.30. The Morgan fingerprint density at radius 3 is 2.39 bits per heavy atom. The Kier molecular flexibility index (Phi) is 4.99. The summed E-state index contributed by atoms with van der Waals surface area (Å²) in [7, 11) is 0. The molecule has 1 saturated heterocycles. The van der Waals surface area contributed by atoms with E-state index in [2.05, 4.69) is 12.2 Å². The Bertz CT molecular complexity index is 317. The molecule has 1 heterocycles. The number of nitrogens with one attached hydrogen (secondary N) is 1. The van der Waals surface area contributed by atoms with Crippen molar-refractivity contribution in [2.24, 2.45) is 11.8 Å². The van der Waals surface area contributed by atoms with E-state index in [1.165, 1.54) is 0 Å². The van der Waals surface area contributed by atoms with E-state index in [1.54, 1.807) is 18.7 Å². The summed E-state index contributed by atoms with van der Waals surface area (Å²) in [6.45, 7) is 8.42. The van der Waals surface area contributed by atoms with Crippen LogP contribution in [0.5, 0.6) is 0 Å². The minimum Gasteiger partial charge on any atom is -0.480 e. The molecule has 18 heavy (non-hydrogen) atoms. The van der Waals surface area contributed by atoms with E-state index in [1.807, 2.05) is 6.92 Å². The number of hydrogen-bond donors (Lipinski definition) is 2. The fourth-order valence-electron chi connectivity index (χ4n) is 2.30. The van der Waals surface area contributed by atoms with Crippen LogP contribution < -0.4 is 5.32 Å². The Morgan fingerprint density at radius 2 is 1.89 bits per heavy atom. The molecule has 1 fully saturated rings. The second kappa shape index (κ2) is 6.07. The van der Waals surface area contributed by atoms with Crippen LogP contribution in [-0.4, -0.2) is 40.6 Å². The van der Waals surface area contributed by atoms with Crippen LogP contribution in [0, 0.1) is 11.8 Å². The number of urea groups is 1. The molecule has 3 atom stereocenters. The van der Waals surface area contributed by atoms with Gasteiger partial charge < -0.3 is 15.3 Å². The molecule has 0 radical (unpaired) electrons. The third kappa shape index (κ3) is 3.62. The number of carbonyl (C=O) groups is 2. The highest BCUT2D eigenvalue weighted by atomic mass is 16.4. The van der Waals surface area contributed by atoms with Crippen molar-refractivity contribution in [1.82, 2.24) is 10.2 Å². The van der Waals surface area contributed by atoms with Gasteiger partial charge in [0.1, 0.15) is 6.04 Å². The van der Waals surface area contributed by atoms with E-state index in [9.17, 15) is 9.59 Å². The van der Waals surface area contributed by atoms with Gasteiger partial charge in [0.2, 0.25) is 0 Å². The van der Waals surface area contributed by atoms with Gasteiger partial charge in [0.05, 0.1) is 0 Å². The first kappa shape index (κ1) is 14.8. The summed E-state index contributed by atoms with van der Waals surface area (Å²) in [5.74, 6) is -0.616. The average molecular weight is 256 g/mol. The molecule has 0 aromatic carbocycles. The van der Waals surface area contributed by atoms with Crippen LogP contribution in [0.25, 0.3) is 0 Å². The summed E-state index contributed by atoms with van der Waals surface area (Å²) < 4.78 is 0. The number of aliphatic carboxylic acids is 1. The molecular weight excluding hydrogens is 232 g/mol. The lowest BCUT2D eigenvalue weighted by molar-refractivity contribution is -0.140. The van der Waals surface area contributed by atoms with Crippen LogP contribution in [0.15, 0.2) is 0 Å². The van der Waals surface area contributed by atoms with Gasteiger partial charge in [-0.2, -0.15) is 0 Å². The molecule has 0 aliphatic carbocycles. The minimum absolute atomic E-state index is 0.121. The third-order valence-electron chi connectivity index (χ3n) is 3.59. The Balaban J connectivity index is 2.65. The van der Waals surface area contributed by atoms with Crippen LogP contribution in [0.2, 0.25) is 0 Å². The van der Waals surface area contributed by atoms with E-state index < -0.39 is 12.0 Å². The maximum Gasteiger partial charge on any atom is 0.326 e. The van der Waals surface area contributed by atoms with Crippen molar-refractivity contribution in [3.05, 3.63) is 0 Å². The zero-order valence-electron chi connectivity index (χ0n) is 11.6. The molecule has 0 aromatic heterocycles. The Hall–Kier alpha value is -1.26. The first-order chi connectivity index (χ1) is 8.32. The van der Waals surface area contributed by atoms with Crippen molar-refractivity contribution in [3.63, 3.8) is 0 Å². The first-order valence-corrected chi connectivity index (χ1v) is 6.62. The molecule has 1 aliphatic rings. The molecule has 5 nitrogen and oxygen atoms in total. The van der Waals surface area contributed by atoms with Crippen LogP contribution in [0.4, 0.5) is 4.79 Å². The minimum atomic E-state index is -0.976. The smallest absolute Gasteiger partial charge is 0.326 e. The van der Waals surface area contributed by atoms with E-state index in [0.29, 0.717) is 12.5 Å². The van der Waals surface area contributed by atoms with Gasteiger partial charge in [-0.15, -0.1) is 0 Å². The first-order valence-electron chi connectivity index (χ1n) is 6.62. The van der Waals surface area contributed by atoms with Crippen molar-refractivity contribution in [3.8, 4) is 0 Å². The molecule has 1 rings (SSSR count). The summed E-state index contributed by atoms with van der Waals surface area (Å²) in [4.78, 5) is 25.0. The van der Waals surface area contributed by atoms with Gasteiger partial charge in [-0.25, -0.2) is 9.59 Å². The summed E-state index contributed by atoms with van der Waals surface area (Å²) in [5.41, 5.74) is 0. The van der Waals surface area contributed by atoms with Gasteiger partial charge >= 0.3 is 12.0 Å². The van der Waals surface area contributed by atoms with Gasteiger partial charge in [0.25, 0.3) is 0 Å². The van der Waals surface area contributed by atoms with Crippen molar-refractivity contribution in [1.29, 1.82) is 0 Å². The third-order valence-corrected chi connectivity index (χ3v) is 3.59. The Morgan fingerprint density at radius 1 is 1.28 bits per heavy atom. The molecule has 104 valence electrons. The van der Waals surface area contributed by atoms with Gasteiger partial charge in [-0.05, 0) is 31.6 Å². The monoisotopic (exact) mass is 256 g/mol. The van der Waals surface area contributed by atoms with Crippen LogP contribution in [-0.2, 0) is 4.79 Å². The SMILES string of the molecule is CC1CCC(C)N(C(=O)N[C@H](C(=O)O)C(C)C)C1. The lowest BCUT2D eigenvalue weighted by Gasteiger charge is -2.37. The van der Waals surface area contributed by atoms with Gasteiger partial charge in [0, 0.05) is 12.6 Å². The zero-order chi connectivity index (χ0) is 13.9. The average Bonchev–Trinajstić information content (AvgIpc) is 2.28. The molecule has 0 bridgehead atoms. The lowest BCUT2D eigenvalue weighted by atomic mass is 9.95. The fraction of sp³-hybridized carbons (Fsp3) is 0.846. The van der Waals surface area contributed by atoms with Crippen LogP contribution in [0.1, 0.15) is 40.5 Å². The predicted molar refractivity (Wildman–Crippen MR) is 69.4 cm³/mol. The number of nitrogens with zero attached hydrogens (tertiary/aromatic N) is 1. The summed E-state index contributed by atoms with van der Waals surface area (Å²) in [6, 6.07) is -0.889. The maximum absolute atomic E-state index is 12.1. The van der Waals surface area contributed by atoms with Crippen LogP contribution in [0.3, 0.4) is 0 Å². The summed E-state index contributed by atoms with van der Waals surface area (Å²) in [6.07, 6.45) is 2.10. The number of rotatable bonds is 3. The van der Waals surface area contributed by atoms with Crippen molar-refractivity contribution >= 4 is 12.0 Å². The van der Waals surface area contributed by atoms with E-state index in [4.69, 9.17) is 5.11 Å². The molecular formula is C13H24N2O3. The van der Waals surface area contributed by atoms with E-state index in [0.717, 1.165) is 12.8 Å². The molecule has 2 N–H and O–H groups in total. The highest BCUT2D eigenvalue weighted by Crippen LogP contribution is 2.21. The largest absolute Gasteiger partial charge is 0.480 e. The number of carbonyl (C=O) groups excluding carboxylic acids is 1. The molecule has 1 aliphatic heterocycles. The molecule has 2 unspecified atom stereocenters. The quantitative estimate of drug-likeness (QED) is 0.810. The number of amides is 2. The molecule has 0 spiro atoms. The molecule has 5 heteroatoms. The van der Waals surface area contributed by atoms with Crippen molar-refractivity contribution in [2.45, 2.75) is 52.6 Å². The normalized spacial score (nSPS) is 25.9. The maximum atomic E-state index is 12.1. The molecule has 0 saturated carbocycles. The van der Waals surface area contributed by atoms with Crippen molar-refractivity contribution < 1.29 is 14.7 Å². The highest BCUT2D eigenvalue weighted by Gasteiger charge is 2.30. The van der Waals surface area contributed by atoms with Gasteiger partial charge in [-0.3, -0.25) is 0 Å². The highest BCUT2D eigenvalue weighted by molar-refractivity contribution is 5.83. The van der Waals surface area contributed by atoms with Gasteiger partial charge in [0.15, 0.2) is 0 Å². The number of hydrogen-bond acceptors (Lipinski definition) is 2. The van der Waals surface area contributed by atoms with Crippen LogP contribution >= 0.6 is 0 Å². The summed E-state index contributed by atoms with van der Waals surface area (Å²) >= 11 is 0. The molecule has 0 aromatic rings. The second-order valence-corrected chi connectivity index (χ2v) is 5.69. The summed E-state index contributed by atoms with van der Waals surface area (Å²) in [5, 5.41) is 11.7. The van der Waals surface area contributed by atoms with E-state index in [-0.39, 0.29) is 18.0 Å². The number of carboxylic acid groups (broad SMARTS) is 1. The Labute approximate surface area is 109 Å². The van der Waals surface area contributed by atoms with Gasteiger partial charge in [-0.1, -0.05) is 20.8 Å². The zero-order valence-corrected chi connectivity index (χ0v) is 11.6. The number of likely N-dealkylation sites (tertiary alicyclic amines) is 1.